The molecule has 21 heavy (non-hydrogen) atoms. The molecule has 2 N–H and O–H groups in total. The van der Waals surface area contributed by atoms with Crippen LogP contribution in [0.4, 0.5) is 5.82 Å². The molecule has 0 fully saturated rings. The molecule has 0 radical (unpaired) electrons. The van der Waals surface area contributed by atoms with E-state index in [1.807, 2.05) is 35.7 Å². The van der Waals surface area contributed by atoms with Gasteiger partial charge in [-0.25, -0.2) is 0 Å². The Hall–Kier alpha value is -2.53. The number of nitrogens with zero attached hydrogens (tertiary/aromatic N) is 1. The number of thiophene rings is 1. The van der Waals surface area contributed by atoms with Gasteiger partial charge in [-0.1, -0.05) is 22.9 Å². The van der Waals surface area contributed by atoms with Crippen LogP contribution >= 0.6 is 11.3 Å². The molecule has 5 heteroatoms. The highest BCUT2D eigenvalue weighted by molar-refractivity contribution is 7.13. The van der Waals surface area contributed by atoms with Crippen LogP contribution < -0.4 is 5.73 Å². The molecule has 4 rings (SSSR count). The van der Waals surface area contributed by atoms with Crippen molar-refractivity contribution in [3.63, 3.8) is 0 Å². The summed E-state index contributed by atoms with van der Waals surface area (Å²) < 4.78 is 11.3. The molecule has 0 atom stereocenters. The molecule has 4 aromatic rings. The zero-order chi connectivity index (χ0) is 14.4. The van der Waals surface area contributed by atoms with Gasteiger partial charge in [-0.05, 0) is 36.6 Å². The molecule has 0 amide bonds. The van der Waals surface area contributed by atoms with E-state index in [1.54, 1.807) is 11.3 Å². The summed E-state index contributed by atoms with van der Waals surface area (Å²) in [6.07, 6.45) is 0. The smallest absolute Gasteiger partial charge is 0.212 e. The quantitative estimate of drug-likeness (QED) is 0.582. The summed E-state index contributed by atoms with van der Waals surface area (Å²) in [6.45, 7) is 2.05. The van der Waals surface area contributed by atoms with Crippen molar-refractivity contribution in [2.75, 3.05) is 5.73 Å². The average Bonchev–Trinajstić information content (AvgIpc) is 3.15. The normalized spacial score (nSPS) is 11.3. The first kappa shape index (κ1) is 12.2. The van der Waals surface area contributed by atoms with Crippen LogP contribution in [0, 0.1) is 6.92 Å². The predicted molar refractivity (Wildman–Crippen MR) is 84.2 cm³/mol. The molecular formula is C16H12N2O2S. The van der Waals surface area contributed by atoms with Gasteiger partial charge in [-0.2, -0.15) is 0 Å². The maximum Gasteiger partial charge on any atom is 0.212 e. The molecule has 104 valence electrons. The van der Waals surface area contributed by atoms with E-state index in [0.717, 1.165) is 21.4 Å². The van der Waals surface area contributed by atoms with Crippen LogP contribution in [0.1, 0.15) is 5.56 Å². The van der Waals surface area contributed by atoms with E-state index in [0.29, 0.717) is 17.3 Å². The first-order valence-electron chi connectivity index (χ1n) is 6.52. The second kappa shape index (κ2) is 4.49. The Balaban J connectivity index is 1.93. The molecule has 0 aliphatic carbocycles. The number of hydrogen-bond donors (Lipinski definition) is 1. The Bertz CT molecular complexity index is 919. The number of furan rings is 1. The Morgan fingerprint density at radius 2 is 2.10 bits per heavy atom. The molecule has 0 aliphatic heterocycles. The summed E-state index contributed by atoms with van der Waals surface area (Å²) in [5.41, 5.74) is 8.75. The molecular weight excluding hydrogens is 284 g/mol. The standard InChI is InChI=1S/C16H12N2O2S/c1-9-4-5-11-10(7-9)8-12(19-11)15-14(16(17)18-20-15)13-3-2-6-21-13/h2-8H,1H3,(H2,17,18). The molecule has 0 saturated carbocycles. The van der Waals surface area contributed by atoms with Crippen molar-refractivity contribution in [2.45, 2.75) is 6.92 Å². The van der Waals surface area contributed by atoms with Gasteiger partial charge in [0.2, 0.25) is 5.76 Å². The molecule has 3 aromatic heterocycles. The molecule has 0 unspecified atom stereocenters. The Morgan fingerprint density at radius 1 is 1.19 bits per heavy atom. The maximum absolute atomic E-state index is 5.95. The van der Waals surface area contributed by atoms with E-state index in [9.17, 15) is 0 Å². The highest BCUT2D eigenvalue weighted by Crippen LogP contribution is 2.40. The average molecular weight is 296 g/mol. The van der Waals surface area contributed by atoms with E-state index in [2.05, 4.69) is 18.1 Å². The predicted octanol–water partition coefficient (Wildman–Crippen LogP) is 4.71. The van der Waals surface area contributed by atoms with Gasteiger partial charge in [-0.15, -0.1) is 11.3 Å². The van der Waals surface area contributed by atoms with Gasteiger partial charge in [0.15, 0.2) is 11.6 Å². The summed E-state index contributed by atoms with van der Waals surface area (Å²) in [7, 11) is 0. The van der Waals surface area contributed by atoms with Gasteiger partial charge in [0.1, 0.15) is 5.58 Å². The summed E-state index contributed by atoms with van der Waals surface area (Å²) in [4.78, 5) is 1.01. The SMILES string of the molecule is Cc1ccc2oc(-c3onc(N)c3-c3cccs3)cc2c1. The molecule has 0 saturated heterocycles. The van der Waals surface area contributed by atoms with Gasteiger partial charge < -0.3 is 14.7 Å². The van der Waals surface area contributed by atoms with Gasteiger partial charge in [-0.3, -0.25) is 0 Å². The lowest BCUT2D eigenvalue weighted by atomic mass is 10.1. The molecule has 0 bridgehead atoms. The Morgan fingerprint density at radius 3 is 2.90 bits per heavy atom. The van der Waals surface area contributed by atoms with E-state index >= 15 is 0 Å². The molecule has 0 aliphatic rings. The zero-order valence-corrected chi connectivity index (χ0v) is 12.1. The summed E-state index contributed by atoms with van der Waals surface area (Å²) in [6, 6.07) is 12.0. The molecule has 3 heterocycles. The fourth-order valence-electron chi connectivity index (χ4n) is 2.40. The topological polar surface area (TPSA) is 65.2 Å². The molecule has 1 aromatic carbocycles. The van der Waals surface area contributed by atoms with Crippen LogP contribution in [0.15, 0.2) is 50.7 Å². The van der Waals surface area contributed by atoms with E-state index in [4.69, 9.17) is 14.7 Å². The first-order valence-corrected chi connectivity index (χ1v) is 7.40. The third-order valence-corrected chi connectivity index (χ3v) is 4.27. The lowest BCUT2D eigenvalue weighted by Gasteiger charge is -1.95. The number of fused-ring (bicyclic) bond motifs is 1. The molecule has 0 spiro atoms. The van der Waals surface area contributed by atoms with Crippen molar-refractivity contribution in [3.8, 4) is 22.0 Å². The van der Waals surface area contributed by atoms with Crippen molar-refractivity contribution >= 4 is 28.1 Å². The van der Waals surface area contributed by atoms with Crippen LogP contribution in [-0.2, 0) is 0 Å². The van der Waals surface area contributed by atoms with Crippen molar-refractivity contribution in [1.82, 2.24) is 5.16 Å². The van der Waals surface area contributed by atoms with Gasteiger partial charge in [0.25, 0.3) is 0 Å². The number of aromatic nitrogens is 1. The number of rotatable bonds is 2. The lowest BCUT2D eigenvalue weighted by Crippen LogP contribution is -1.86. The minimum absolute atomic E-state index is 0.379. The highest BCUT2D eigenvalue weighted by Gasteiger charge is 2.21. The monoisotopic (exact) mass is 296 g/mol. The summed E-state index contributed by atoms with van der Waals surface area (Å²) in [5.74, 6) is 1.59. The number of anilines is 1. The van der Waals surface area contributed by atoms with Crippen LogP contribution in [-0.4, -0.2) is 5.16 Å². The van der Waals surface area contributed by atoms with Crippen LogP contribution in [0.25, 0.3) is 32.9 Å². The summed E-state index contributed by atoms with van der Waals surface area (Å²) in [5, 5.41) is 6.92. The third-order valence-electron chi connectivity index (χ3n) is 3.38. The van der Waals surface area contributed by atoms with Gasteiger partial charge >= 0.3 is 0 Å². The van der Waals surface area contributed by atoms with Crippen molar-refractivity contribution in [3.05, 3.63) is 47.3 Å². The van der Waals surface area contributed by atoms with Crippen molar-refractivity contribution in [2.24, 2.45) is 0 Å². The number of benzene rings is 1. The van der Waals surface area contributed by atoms with Crippen LogP contribution in [0.2, 0.25) is 0 Å². The Kier molecular flexibility index (Phi) is 2.62. The zero-order valence-electron chi connectivity index (χ0n) is 11.3. The van der Waals surface area contributed by atoms with Crippen molar-refractivity contribution < 1.29 is 8.94 Å². The molecule has 4 nitrogen and oxygen atoms in total. The highest BCUT2D eigenvalue weighted by atomic mass is 32.1. The number of hydrogen-bond acceptors (Lipinski definition) is 5. The number of aryl methyl sites for hydroxylation is 1. The van der Waals surface area contributed by atoms with Gasteiger partial charge in [0.05, 0.1) is 5.56 Å². The van der Waals surface area contributed by atoms with Crippen LogP contribution in [0.3, 0.4) is 0 Å². The van der Waals surface area contributed by atoms with E-state index < -0.39 is 0 Å². The minimum Gasteiger partial charge on any atom is -0.453 e. The number of nitrogen functional groups attached to an aromatic ring is 1. The van der Waals surface area contributed by atoms with Crippen LogP contribution in [0.5, 0.6) is 0 Å². The van der Waals surface area contributed by atoms with Gasteiger partial charge in [0, 0.05) is 10.3 Å². The lowest BCUT2D eigenvalue weighted by molar-refractivity contribution is 0.424. The number of nitrogens with two attached hydrogens (primary N) is 1. The fraction of sp³-hybridized carbons (Fsp3) is 0.0625. The maximum atomic E-state index is 5.95. The third kappa shape index (κ3) is 1.94. The first-order chi connectivity index (χ1) is 10.2. The Labute approximate surface area is 124 Å². The largest absolute Gasteiger partial charge is 0.453 e. The summed E-state index contributed by atoms with van der Waals surface area (Å²) >= 11 is 1.59. The van der Waals surface area contributed by atoms with E-state index in [-0.39, 0.29) is 0 Å². The minimum atomic E-state index is 0.379. The second-order valence-electron chi connectivity index (χ2n) is 4.90. The van der Waals surface area contributed by atoms with E-state index in [1.165, 1.54) is 5.56 Å². The van der Waals surface area contributed by atoms with Crippen molar-refractivity contribution in [1.29, 1.82) is 0 Å². The second-order valence-corrected chi connectivity index (χ2v) is 5.85. The fourth-order valence-corrected chi connectivity index (χ4v) is 3.18.